The fourth-order valence-corrected chi connectivity index (χ4v) is 4.39. The molecule has 0 aliphatic carbocycles. The van der Waals surface area contributed by atoms with Crippen molar-refractivity contribution >= 4 is 35.1 Å². The second-order valence-corrected chi connectivity index (χ2v) is 9.48. The zero-order chi connectivity index (χ0) is 24.7. The lowest BCUT2D eigenvalue weighted by atomic mass is 9.92. The van der Waals surface area contributed by atoms with Crippen molar-refractivity contribution in [3.05, 3.63) is 93.0 Å². The predicted molar refractivity (Wildman–Crippen MR) is 133 cm³/mol. The van der Waals surface area contributed by atoms with Gasteiger partial charge in [-0.3, -0.25) is 9.59 Å². The van der Waals surface area contributed by atoms with E-state index in [-0.39, 0.29) is 28.5 Å². The Kier molecular flexibility index (Phi) is 6.32. The summed E-state index contributed by atoms with van der Waals surface area (Å²) in [4.78, 5) is 41.5. The summed E-state index contributed by atoms with van der Waals surface area (Å²) in [5.74, 6) is -1.17. The van der Waals surface area contributed by atoms with E-state index in [1.54, 1.807) is 37.3 Å². The largest absolute Gasteiger partial charge is 0.423 e. The van der Waals surface area contributed by atoms with E-state index >= 15 is 0 Å². The van der Waals surface area contributed by atoms with Crippen LogP contribution in [0.2, 0.25) is 5.02 Å². The predicted octanol–water partition coefficient (Wildman–Crippen LogP) is 6.92. The Labute approximate surface area is 204 Å². The number of imide groups is 1. The van der Waals surface area contributed by atoms with Gasteiger partial charge in [0.05, 0.1) is 22.4 Å². The van der Waals surface area contributed by atoms with Gasteiger partial charge in [0.2, 0.25) is 0 Å². The SMILES string of the molecule is Cc1cc(OC(=O)c2cccc3c2C(=O)N(c2c(C(C)C)cccc2C(C)C)C3=O)ccc1Cl. The molecule has 3 aromatic rings. The van der Waals surface area contributed by atoms with E-state index in [9.17, 15) is 14.4 Å². The second-order valence-electron chi connectivity index (χ2n) is 9.07. The first-order valence-corrected chi connectivity index (χ1v) is 11.6. The fraction of sp³-hybridized carbons (Fsp3) is 0.250. The third-order valence-corrected chi connectivity index (χ3v) is 6.46. The quantitative estimate of drug-likeness (QED) is 0.228. The molecule has 0 spiro atoms. The molecule has 34 heavy (non-hydrogen) atoms. The van der Waals surface area contributed by atoms with Crippen molar-refractivity contribution in [3.8, 4) is 5.75 Å². The summed E-state index contributed by atoms with van der Waals surface area (Å²) in [7, 11) is 0. The number of para-hydroxylation sites is 1. The molecule has 0 saturated carbocycles. The summed E-state index contributed by atoms with van der Waals surface area (Å²) in [6.45, 7) is 9.91. The van der Waals surface area contributed by atoms with E-state index in [2.05, 4.69) is 0 Å². The molecule has 0 radical (unpaired) electrons. The average molecular weight is 476 g/mol. The third kappa shape index (κ3) is 4.01. The zero-order valence-corrected chi connectivity index (χ0v) is 20.6. The first kappa shape index (κ1) is 23.7. The number of ether oxygens (including phenoxy) is 1. The molecular formula is C28H26ClNO4. The van der Waals surface area contributed by atoms with Crippen molar-refractivity contribution in [2.75, 3.05) is 4.90 Å². The number of nitrogens with zero attached hydrogens (tertiary/aromatic N) is 1. The lowest BCUT2D eigenvalue weighted by Gasteiger charge is -2.25. The van der Waals surface area contributed by atoms with Crippen molar-refractivity contribution in [1.29, 1.82) is 0 Å². The molecule has 0 aromatic heterocycles. The molecule has 6 heteroatoms. The fourth-order valence-electron chi connectivity index (χ4n) is 4.27. The number of fused-ring (bicyclic) bond motifs is 1. The summed E-state index contributed by atoms with van der Waals surface area (Å²) < 4.78 is 5.53. The number of carbonyl (C=O) groups excluding carboxylic acids is 3. The van der Waals surface area contributed by atoms with Gasteiger partial charge in [0.1, 0.15) is 5.75 Å². The molecule has 3 aromatic carbocycles. The maximum atomic E-state index is 13.7. The van der Waals surface area contributed by atoms with Crippen molar-refractivity contribution in [2.24, 2.45) is 0 Å². The van der Waals surface area contributed by atoms with Crippen LogP contribution < -0.4 is 9.64 Å². The highest BCUT2D eigenvalue weighted by Gasteiger charge is 2.42. The highest BCUT2D eigenvalue weighted by Crippen LogP contribution is 2.40. The van der Waals surface area contributed by atoms with Crippen LogP contribution in [0.1, 0.15) is 87.3 Å². The Morgan fingerprint density at radius 1 is 0.882 bits per heavy atom. The van der Waals surface area contributed by atoms with E-state index in [0.29, 0.717) is 16.5 Å². The summed E-state index contributed by atoms with van der Waals surface area (Å²) in [5, 5.41) is 0.557. The Bertz CT molecular complexity index is 1300. The number of halogens is 1. The Morgan fingerprint density at radius 3 is 2.09 bits per heavy atom. The van der Waals surface area contributed by atoms with Crippen LogP contribution in [0.25, 0.3) is 0 Å². The number of aryl methyl sites for hydroxylation is 1. The van der Waals surface area contributed by atoms with Gasteiger partial charge in [-0.25, -0.2) is 9.69 Å². The number of amides is 2. The number of esters is 1. The van der Waals surface area contributed by atoms with E-state index in [1.165, 1.54) is 11.0 Å². The molecule has 0 saturated heterocycles. The van der Waals surface area contributed by atoms with Gasteiger partial charge in [0.15, 0.2) is 0 Å². The smallest absolute Gasteiger partial charge is 0.344 e. The van der Waals surface area contributed by atoms with Crippen molar-refractivity contribution in [3.63, 3.8) is 0 Å². The lowest BCUT2D eigenvalue weighted by Crippen LogP contribution is -2.32. The van der Waals surface area contributed by atoms with Gasteiger partial charge in [0.25, 0.3) is 11.8 Å². The van der Waals surface area contributed by atoms with Gasteiger partial charge in [-0.05, 0) is 65.8 Å². The molecular weight excluding hydrogens is 450 g/mol. The molecule has 5 nitrogen and oxygen atoms in total. The first-order chi connectivity index (χ1) is 16.1. The molecule has 0 unspecified atom stereocenters. The maximum Gasteiger partial charge on any atom is 0.344 e. The van der Waals surface area contributed by atoms with Gasteiger partial charge in [-0.15, -0.1) is 0 Å². The number of anilines is 1. The highest BCUT2D eigenvalue weighted by molar-refractivity contribution is 6.36. The number of rotatable bonds is 5. The normalized spacial score (nSPS) is 13.1. The molecule has 0 fully saturated rings. The van der Waals surface area contributed by atoms with Crippen molar-refractivity contribution in [2.45, 2.75) is 46.5 Å². The molecule has 1 aliphatic rings. The summed E-state index contributed by atoms with van der Waals surface area (Å²) >= 11 is 6.06. The van der Waals surface area contributed by atoms with Crippen LogP contribution in [0, 0.1) is 6.92 Å². The molecule has 1 aliphatic heterocycles. The number of hydrogen-bond acceptors (Lipinski definition) is 4. The average Bonchev–Trinajstić information content (AvgIpc) is 3.05. The first-order valence-electron chi connectivity index (χ1n) is 11.2. The van der Waals surface area contributed by atoms with Crippen LogP contribution in [0.4, 0.5) is 5.69 Å². The minimum Gasteiger partial charge on any atom is -0.423 e. The summed E-state index contributed by atoms with van der Waals surface area (Å²) in [5.41, 5.74) is 3.49. The van der Waals surface area contributed by atoms with Gasteiger partial charge >= 0.3 is 5.97 Å². The zero-order valence-electron chi connectivity index (χ0n) is 19.8. The maximum absolute atomic E-state index is 13.7. The van der Waals surface area contributed by atoms with Gasteiger partial charge < -0.3 is 4.74 Å². The Hall–Kier alpha value is -3.44. The summed E-state index contributed by atoms with van der Waals surface area (Å²) in [6, 6.07) is 15.4. The Balaban J connectivity index is 1.79. The van der Waals surface area contributed by atoms with Gasteiger partial charge in [-0.1, -0.05) is 63.6 Å². The monoisotopic (exact) mass is 475 g/mol. The number of benzene rings is 3. The molecule has 174 valence electrons. The number of hydrogen-bond donors (Lipinski definition) is 0. The van der Waals surface area contributed by atoms with Gasteiger partial charge in [0, 0.05) is 5.02 Å². The van der Waals surface area contributed by atoms with Crippen LogP contribution >= 0.6 is 11.6 Å². The molecule has 0 bridgehead atoms. The van der Waals surface area contributed by atoms with E-state index in [0.717, 1.165) is 16.7 Å². The standard InChI is InChI=1S/C28H26ClNO4/c1-15(2)19-8-6-9-20(16(3)4)25(19)30-26(31)21-10-7-11-22(24(21)27(30)32)28(33)34-18-12-13-23(29)17(5)14-18/h6-16H,1-5H3. The van der Waals surface area contributed by atoms with Crippen LogP contribution in [-0.4, -0.2) is 17.8 Å². The molecule has 0 N–H and O–H groups in total. The minimum atomic E-state index is -0.706. The van der Waals surface area contributed by atoms with Crippen LogP contribution in [0.15, 0.2) is 54.6 Å². The minimum absolute atomic E-state index is 0.0547. The van der Waals surface area contributed by atoms with Crippen LogP contribution in [0.5, 0.6) is 5.75 Å². The summed E-state index contributed by atoms with van der Waals surface area (Å²) in [6.07, 6.45) is 0. The van der Waals surface area contributed by atoms with Gasteiger partial charge in [-0.2, -0.15) is 0 Å². The topological polar surface area (TPSA) is 63.7 Å². The molecule has 1 heterocycles. The second kappa shape index (κ2) is 9.07. The lowest BCUT2D eigenvalue weighted by molar-refractivity contribution is 0.0729. The third-order valence-electron chi connectivity index (χ3n) is 6.04. The van der Waals surface area contributed by atoms with Crippen LogP contribution in [-0.2, 0) is 0 Å². The van der Waals surface area contributed by atoms with E-state index < -0.39 is 17.8 Å². The van der Waals surface area contributed by atoms with Crippen molar-refractivity contribution < 1.29 is 19.1 Å². The molecule has 0 atom stereocenters. The van der Waals surface area contributed by atoms with E-state index in [4.69, 9.17) is 16.3 Å². The highest BCUT2D eigenvalue weighted by atomic mass is 35.5. The van der Waals surface area contributed by atoms with E-state index in [1.807, 2.05) is 45.9 Å². The number of carbonyl (C=O) groups is 3. The van der Waals surface area contributed by atoms with Crippen molar-refractivity contribution in [1.82, 2.24) is 0 Å². The Morgan fingerprint density at radius 2 is 1.50 bits per heavy atom. The van der Waals surface area contributed by atoms with Crippen LogP contribution in [0.3, 0.4) is 0 Å². The molecule has 4 rings (SSSR count). The molecule has 2 amide bonds.